The third-order valence-corrected chi connectivity index (χ3v) is 3.34. The lowest BCUT2D eigenvalue weighted by atomic mass is 10.1. The van der Waals surface area contributed by atoms with Crippen molar-refractivity contribution in [2.24, 2.45) is 5.84 Å². The number of rotatable bonds is 6. The van der Waals surface area contributed by atoms with Gasteiger partial charge in [0.2, 0.25) is 5.91 Å². The Bertz CT molecular complexity index is 408. The number of nitrogens with zero attached hydrogens (tertiary/aromatic N) is 1. The van der Waals surface area contributed by atoms with Crippen molar-refractivity contribution in [2.75, 3.05) is 14.2 Å². The van der Waals surface area contributed by atoms with Crippen LogP contribution in [0.5, 0.6) is 5.75 Å². The van der Waals surface area contributed by atoms with E-state index in [1.165, 1.54) is 5.56 Å². The summed E-state index contributed by atoms with van der Waals surface area (Å²) in [5.74, 6) is 6.15. The van der Waals surface area contributed by atoms with Crippen LogP contribution in [0.3, 0.4) is 0 Å². The number of nitrogens with two attached hydrogens (primary N) is 1. The molecule has 0 unspecified atom stereocenters. The molecule has 0 aliphatic rings. The van der Waals surface area contributed by atoms with E-state index < -0.39 is 0 Å². The van der Waals surface area contributed by atoms with Crippen LogP contribution in [0.2, 0.25) is 0 Å². The molecule has 1 amide bonds. The van der Waals surface area contributed by atoms with E-state index in [0.717, 1.165) is 34.5 Å². The lowest BCUT2D eigenvalue weighted by Crippen LogP contribution is -2.32. The van der Waals surface area contributed by atoms with Crippen LogP contribution in [0.25, 0.3) is 0 Å². The molecule has 0 aromatic heterocycles. The van der Waals surface area contributed by atoms with Crippen LogP contribution < -0.4 is 10.6 Å². The summed E-state index contributed by atoms with van der Waals surface area (Å²) in [5, 5.41) is 1.14. The van der Waals surface area contributed by atoms with E-state index in [0.29, 0.717) is 6.42 Å². The largest absolute Gasteiger partial charge is 0.496 e. The Balaban J connectivity index is 2.36. The van der Waals surface area contributed by atoms with E-state index in [9.17, 15) is 4.79 Å². The fourth-order valence-electron chi connectivity index (χ4n) is 1.65. The number of carbonyl (C=O) groups is 1. The number of hydrogen-bond acceptors (Lipinski definition) is 3. The minimum absolute atomic E-state index is 0.0223. The Morgan fingerprint density at radius 1 is 1.44 bits per heavy atom. The number of aryl methyl sites for hydroxylation is 1. The summed E-state index contributed by atoms with van der Waals surface area (Å²) < 4.78 is 6.13. The van der Waals surface area contributed by atoms with Crippen LogP contribution in [0.4, 0.5) is 0 Å². The number of unbranched alkanes of at least 4 members (excludes halogenated alkanes) is 1. The van der Waals surface area contributed by atoms with Gasteiger partial charge in [0.05, 0.1) is 11.6 Å². The van der Waals surface area contributed by atoms with Crippen molar-refractivity contribution in [2.45, 2.75) is 25.7 Å². The van der Waals surface area contributed by atoms with Crippen LogP contribution in [-0.4, -0.2) is 25.1 Å². The van der Waals surface area contributed by atoms with E-state index in [1.807, 2.05) is 12.1 Å². The van der Waals surface area contributed by atoms with Gasteiger partial charge in [0.1, 0.15) is 5.75 Å². The molecule has 0 radical (unpaired) electrons. The molecule has 0 saturated carbocycles. The number of amides is 1. The average molecular weight is 315 g/mol. The monoisotopic (exact) mass is 314 g/mol. The van der Waals surface area contributed by atoms with Gasteiger partial charge < -0.3 is 4.74 Å². The van der Waals surface area contributed by atoms with Gasteiger partial charge in [-0.05, 0) is 52.9 Å². The lowest BCUT2D eigenvalue weighted by Gasteiger charge is -2.09. The second kappa shape index (κ2) is 7.38. The van der Waals surface area contributed by atoms with E-state index in [-0.39, 0.29) is 5.91 Å². The first-order valence-corrected chi connectivity index (χ1v) is 6.67. The topological polar surface area (TPSA) is 55.6 Å². The van der Waals surface area contributed by atoms with E-state index in [4.69, 9.17) is 10.6 Å². The zero-order chi connectivity index (χ0) is 13.5. The molecule has 100 valence electrons. The smallest absolute Gasteiger partial charge is 0.236 e. The summed E-state index contributed by atoms with van der Waals surface area (Å²) in [6, 6.07) is 6.04. The maximum atomic E-state index is 11.3. The molecule has 0 fully saturated rings. The zero-order valence-corrected chi connectivity index (χ0v) is 12.4. The molecule has 1 aromatic rings. The molecule has 0 heterocycles. The van der Waals surface area contributed by atoms with Crippen molar-refractivity contribution in [1.29, 1.82) is 0 Å². The highest BCUT2D eigenvalue weighted by Crippen LogP contribution is 2.26. The number of carbonyl (C=O) groups excluding carboxylic acids is 1. The summed E-state index contributed by atoms with van der Waals surface area (Å²) in [7, 11) is 3.22. The molecular weight excluding hydrogens is 296 g/mol. The molecule has 2 N–H and O–H groups in total. The molecule has 0 bridgehead atoms. The number of benzene rings is 1. The molecule has 5 heteroatoms. The Morgan fingerprint density at radius 3 is 2.72 bits per heavy atom. The molecule has 0 atom stereocenters. The molecule has 18 heavy (non-hydrogen) atoms. The van der Waals surface area contributed by atoms with Crippen molar-refractivity contribution in [3.8, 4) is 5.75 Å². The van der Waals surface area contributed by atoms with Crippen LogP contribution in [0.1, 0.15) is 24.8 Å². The van der Waals surface area contributed by atoms with Crippen LogP contribution in [-0.2, 0) is 11.2 Å². The summed E-state index contributed by atoms with van der Waals surface area (Å²) >= 11 is 3.46. The standard InChI is InChI=1S/C13H19BrN2O2/c1-16(15)13(17)6-4-3-5-10-7-8-12(18-2)11(14)9-10/h7-9H,3-6,15H2,1-2H3. The molecule has 4 nitrogen and oxygen atoms in total. The van der Waals surface area contributed by atoms with Gasteiger partial charge in [0, 0.05) is 13.5 Å². The maximum absolute atomic E-state index is 11.3. The zero-order valence-electron chi connectivity index (χ0n) is 10.8. The molecule has 0 spiro atoms. The van der Waals surface area contributed by atoms with Crippen LogP contribution in [0, 0.1) is 0 Å². The Kier molecular flexibility index (Phi) is 6.15. The normalized spacial score (nSPS) is 10.2. The van der Waals surface area contributed by atoms with Crippen molar-refractivity contribution >= 4 is 21.8 Å². The van der Waals surface area contributed by atoms with Crippen molar-refractivity contribution in [1.82, 2.24) is 5.01 Å². The van der Waals surface area contributed by atoms with Gasteiger partial charge in [-0.1, -0.05) is 6.07 Å². The lowest BCUT2D eigenvalue weighted by molar-refractivity contribution is -0.130. The molecule has 1 aromatic carbocycles. The quantitative estimate of drug-likeness (QED) is 0.380. The predicted octanol–water partition coefficient (Wildman–Crippen LogP) is 2.50. The van der Waals surface area contributed by atoms with Gasteiger partial charge in [0.25, 0.3) is 0 Å². The Morgan fingerprint density at radius 2 is 2.17 bits per heavy atom. The molecular formula is C13H19BrN2O2. The van der Waals surface area contributed by atoms with Crippen molar-refractivity contribution in [3.05, 3.63) is 28.2 Å². The second-order valence-electron chi connectivity index (χ2n) is 4.18. The minimum Gasteiger partial charge on any atom is -0.496 e. The third kappa shape index (κ3) is 4.66. The first kappa shape index (κ1) is 15.0. The molecule has 0 saturated heterocycles. The number of hydrazine groups is 1. The average Bonchev–Trinajstić information content (AvgIpc) is 2.34. The molecule has 0 aliphatic carbocycles. The van der Waals surface area contributed by atoms with Crippen molar-refractivity contribution < 1.29 is 9.53 Å². The highest BCUT2D eigenvalue weighted by Gasteiger charge is 2.05. The van der Waals surface area contributed by atoms with E-state index in [1.54, 1.807) is 14.2 Å². The number of hydrogen-bond donors (Lipinski definition) is 1. The SMILES string of the molecule is COc1ccc(CCCCC(=O)N(C)N)cc1Br. The van der Waals surface area contributed by atoms with Gasteiger partial charge in [-0.2, -0.15) is 0 Å². The second-order valence-corrected chi connectivity index (χ2v) is 5.03. The number of ether oxygens (including phenoxy) is 1. The summed E-state index contributed by atoms with van der Waals surface area (Å²) in [5.41, 5.74) is 1.23. The first-order chi connectivity index (χ1) is 8.54. The fourth-order valence-corrected chi connectivity index (χ4v) is 2.24. The van der Waals surface area contributed by atoms with Gasteiger partial charge in [-0.15, -0.1) is 0 Å². The van der Waals surface area contributed by atoms with Crippen LogP contribution >= 0.6 is 15.9 Å². The fraction of sp³-hybridized carbons (Fsp3) is 0.462. The summed E-state index contributed by atoms with van der Waals surface area (Å²) in [6.07, 6.45) is 3.27. The van der Waals surface area contributed by atoms with Gasteiger partial charge >= 0.3 is 0 Å². The highest BCUT2D eigenvalue weighted by molar-refractivity contribution is 9.10. The summed E-state index contributed by atoms with van der Waals surface area (Å²) in [4.78, 5) is 11.3. The van der Waals surface area contributed by atoms with Gasteiger partial charge in [-0.3, -0.25) is 9.80 Å². The minimum atomic E-state index is -0.0223. The highest BCUT2D eigenvalue weighted by atomic mass is 79.9. The number of methoxy groups -OCH3 is 1. The first-order valence-electron chi connectivity index (χ1n) is 5.88. The summed E-state index contributed by atoms with van der Waals surface area (Å²) in [6.45, 7) is 0. The van der Waals surface area contributed by atoms with Crippen molar-refractivity contribution in [3.63, 3.8) is 0 Å². The Labute approximate surface area is 116 Å². The number of halogens is 1. The van der Waals surface area contributed by atoms with Gasteiger partial charge in [0.15, 0.2) is 0 Å². The predicted molar refractivity (Wildman–Crippen MR) is 75.2 cm³/mol. The molecule has 1 rings (SSSR count). The maximum Gasteiger partial charge on any atom is 0.236 e. The Hall–Kier alpha value is -1.07. The molecule has 0 aliphatic heterocycles. The van der Waals surface area contributed by atoms with Crippen LogP contribution in [0.15, 0.2) is 22.7 Å². The van der Waals surface area contributed by atoms with E-state index >= 15 is 0 Å². The third-order valence-electron chi connectivity index (χ3n) is 2.72. The van der Waals surface area contributed by atoms with E-state index in [2.05, 4.69) is 22.0 Å². The van der Waals surface area contributed by atoms with Gasteiger partial charge in [-0.25, -0.2) is 5.84 Å².